The zero-order valence-electron chi connectivity index (χ0n) is 14.3. The number of amides is 1. The van der Waals surface area contributed by atoms with E-state index in [9.17, 15) is 13.6 Å². The number of thioether (sulfide) groups is 1. The topological polar surface area (TPSA) is 79.9 Å². The lowest BCUT2D eigenvalue weighted by molar-refractivity contribution is -0.113. The Kier molecular flexibility index (Phi) is 6.02. The average Bonchev–Trinajstić information content (AvgIpc) is 3.10. The minimum atomic E-state index is -0.832. The molecule has 0 aliphatic carbocycles. The smallest absolute Gasteiger partial charge is 0.235 e. The largest absolute Gasteiger partial charge is 0.485 e. The Hall–Kier alpha value is -2.94. The number of H-pyrrole nitrogens is 1. The highest BCUT2D eigenvalue weighted by molar-refractivity contribution is 7.99. The van der Waals surface area contributed by atoms with Crippen LogP contribution in [-0.2, 0) is 11.4 Å². The molecule has 0 bridgehead atoms. The molecule has 9 heteroatoms. The van der Waals surface area contributed by atoms with Crippen molar-refractivity contribution in [2.24, 2.45) is 0 Å². The first-order chi connectivity index (χ1) is 13.0. The van der Waals surface area contributed by atoms with Crippen molar-refractivity contribution in [2.45, 2.75) is 18.7 Å². The molecular weight excluding hydrogens is 374 g/mol. The number of hydrogen-bond acceptors (Lipinski definition) is 5. The van der Waals surface area contributed by atoms with Crippen molar-refractivity contribution in [1.82, 2.24) is 15.2 Å². The first-order valence-corrected chi connectivity index (χ1v) is 8.98. The van der Waals surface area contributed by atoms with Crippen LogP contribution >= 0.6 is 11.8 Å². The maximum absolute atomic E-state index is 13.5. The highest BCUT2D eigenvalue weighted by atomic mass is 32.2. The first kappa shape index (κ1) is 18.8. The standard InChI is InChI=1S/C18H16F2N4O2S/c1-11-5-2-3-8-14(11)26-9-15-21-18(24-23-15)27-10-16(25)22-17-12(19)6-4-7-13(17)20/h2-8H,9-10H2,1H3,(H,22,25)(H,21,23,24). The van der Waals surface area contributed by atoms with Crippen LogP contribution in [0.25, 0.3) is 0 Å². The van der Waals surface area contributed by atoms with Crippen LogP contribution in [0.15, 0.2) is 47.6 Å². The van der Waals surface area contributed by atoms with Crippen LogP contribution in [0.4, 0.5) is 14.5 Å². The summed E-state index contributed by atoms with van der Waals surface area (Å²) < 4.78 is 32.7. The second kappa shape index (κ2) is 8.63. The van der Waals surface area contributed by atoms with Crippen LogP contribution in [0, 0.1) is 18.6 Å². The summed E-state index contributed by atoms with van der Waals surface area (Å²) in [6.45, 7) is 2.14. The number of aryl methyl sites for hydroxylation is 1. The fourth-order valence-electron chi connectivity index (χ4n) is 2.19. The van der Waals surface area contributed by atoms with Crippen LogP contribution in [0.3, 0.4) is 0 Å². The number of nitrogens with zero attached hydrogens (tertiary/aromatic N) is 2. The van der Waals surface area contributed by atoms with Crippen molar-refractivity contribution in [3.05, 3.63) is 65.5 Å². The van der Waals surface area contributed by atoms with Gasteiger partial charge < -0.3 is 10.1 Å². The van der Waals surface area contributed by atoms with Crippen LogP contribution in [-0.4, -0.2) is 26.8 Å². The number of carbonyl (C=O) groups is 1. The summed E-state index contributed by atoms with van der Waals surface area (Å²) in [6.07, 6.45) is 0. The van der Waals surface area contributed by atoms with E-state index in [0.29, 0.717) is 11.0 Å². The number of benzene rings is 2. The minimum absolute atomic E-state index is 0.0935. The van der Waals surface area contributed by atoms with Gasteiger partial charge in [-0.15, -0.1) is 5.10 Å². The third-order valence-corrected chi connectivity index (χ3v) is 4.38. The molecule has 0 fully saturated rings. The maximum atomic E-state index is 13.5. The molecule has 0 radical (unpaired) electrons. The van der Waals surface area contributed by atoms with E-state index in [1.54, 1.807) is 0 Å². The van der Waals surface area contributed by atoms with Crippen LogP contribution in [0.1, 0.15) is 11.4 Å². The molecular formula is C18H16F2N4O2S. The SMILES string of the molecule is Cc1ccccc1OCc1nc(SCC(=O)Nc2c(F)cccc2F)n[nH]1. The van der Waals surface area contributed by atoms with Gasteiger partial charge in [0.15, 0.2) is 5.82 Å². The zero-order chi connectivity index (χ0) is 19.2. The molecule has 3 aromatic rings. The number of rotatable bonds is 7. The third-order valence-electron chi connectivity index (χ3n) is 3.53. The molecule has 1 aromatic heterocycles. The predicted octanol–water partition coefficient (Wildman–Crippen LogP) is 3.70. The second-order valence-corrected chi connectivity index (χ2v) is 6.49. The van der Waals surface area contributed by atoms with E-state index in [-0.39, 0.29) is 12.4 Å². The molecule has 0 spiro atoms. The van der Waals surface area contributed by atoms with Crippen molar-refractivity contribution >= 4 is 23.4 Å². The van der Waals surface area contributed by atoms with E-state index in [4.69, 9.17) is 4.74 Å². The first-order valence-electron chi connectivity index (χ1n) is 7.99. The Morgan fingerprint density at radius 1 is 1.19 bits per heavy atom. The number of carbonyl (C=O) groups excluding carboxylic acids is 1. The average molecular weight is 390 g/mol. The molecule has 0 unspecified atom stereocenters. The number of aromatic amines is 1. The van der Waals surface area contributed by atoms with Gasteiger partial charge in [0.05, 0.1) is 5.75 Å². The Morgan fingerprint density at radius 3 is 2.67 bits per heavy atom. The molecule has 0 aliphatic rings. The van der Waals surface area contributed by atoms with Crippen molar-refractivity contribution in [3.8, 4) is 5.75 Å². The molecule has 27 heavy (non-hydrogen) atoms. The number of para-hydroxylation sites is 2. The summed E-state index contributed by atoms with van der Waals surface area (Å²) in [5, 5.41) is 9.26. The minimum Gasteiger partial charge on any atom is -0.485 e. The molecule has 0 saturated carbocycles. The Labute approximate surface area is 158 Å². The zero-order valence-corrected chi connectivity index (χ0v) is 15.1. The quantitative estimate of drug-likeness (QED) is 0.602. The molecule has 0 atom stereocenters. The summed E-state index contributed by atoms with van der Waals surface area (Å²) in [6, 6.07) is 11.0. The third kappa shape index (κ3) is 5.04. The van der Waals surface area contributed by atoms with Gasteiger partial charge in [-0.1, -0.05) is 36.0 Å². The number of anilines is 1. The summed E-state index contributed by atoms with van der Waals surface area (Å²) >= 11 is 1.04. The van der Waals surface area contributed by atoms with E-state index < -0.39 is 23.2 Å². The molecule has 2 N–H and O–H groups in total. The van der Waals surface area contributed by atoms with Gasteiger partial charge in [0.1, 0.15) is 29.7 Å². The number of aromatic nitrogens is 3. The summed E-state index contributed by atoms with van der Waals surface area (Å²) in [7, 11) is 0. The van der Waals surface area contributed by atoms with Crippen LogP contribution in [0.2, 0.25) is 0 Å². The monoisotopic (exact) mass is 390 g/mol. The van der Waals surface area contributed by atoms with E-state index in [1.807, 2.05) is 31.2 Å². The lowest BCUT2D eigenvalue weighted by Crippen LogP contribution is -2.16. The van der Waals surface area contributed by atoms with Crippen LogP contribution < -0.4 is 10.1 Å². The molecule has 140 valence electrons. The summed E-state index contributed by atoms with van der Waals surface area (Å²) in [4.78, 5) is 16.1. The van der Waals surface area contributed by atoms with Gasteiger partial charge in [-0.3, -0.25) is 9.89 Å². The normalized spacial score (nSPS) is 10.6. The Morgan fingerprint density at radius 2 is 1.93 bits per heavy atom. The van der Waals surface area contributed by atoms with Gasteiger partial charge in [0.2, 0.25) is 11.1 Å². The fourth-order valence-corrected chi connectivity index (χ4v) is 2.81. The van der Waals surface area contributed by atoms with Gasteiger partial charge in [-0.2, -0.15) is 0 Å². The summed E-state index contributed by atoms with van der Waals surface area (Å²) in [5.41, 5.74) is 0.536. The van der Waals surface area contributed by atoms with Crippen molar-refractivity contribution in [1.29, 1.82) is 0 Å². The maximum Gasteiger partial charge on any atom is 0.235 e. The molecule has 3 rings (SSSR count). The van der Waals surface area contributed by atoms with E-state index in [2.05, 4.69) is 20.5 Å². The van der Waals surface area contributed by atoms with Crippen molar-refractivity contribution < 1.29 is 18.3 Å². The number of nitrogens with one attached hydrogen (secondary N) is 2. The van der Waals surface area contributed by atoms with E-state index in [1.165, 1.54) is 6.07 Å². The number of halogens is 2. The van der Waals surface area contributed by atoms with Crippen molar-refractivity contribution in [3.63, 3.8) is 0 Å². The summed E-state index contributed by atoms with van der Waals surface area (Å²) in [5.74, 6) is -1.07. The number of hydrogen-bond donors (Lipinski definition) is 2. The van der Waals surface area contributed by atoms with Gasteiger partial charge in [0.25, 0.3) is 0 Å². The van der Waals surface area contributed by atoms with Gasteiger partial charge in [-0.25, -0.2) is 13.8 Å². The van der Waals surface area contributed by atoms with Crippen LogP contribution in [0.5, 0.6) is 5.75 Å². The number of ether oxygens (including phenoxy) is 1. The lowest BCUT2D eigenvalue weighted by Gasteiger charge is -2.06. The molecule has 0 aliphatic heterocycles. The van der Waals surface area contributed by atoms with E-state index in [0.717, 1.165) is 35.2 Å². The highest BCUT2D eigenvalue weighted by Crippen LogP contribution is 2.20. The molecule has 1 heterocycles. The van der Waals surface area contributed by atoms with E-state index >= 15 is 0 Å². The Balaban J connectivity index is 1.50. The van der Waals surface area contributed by atoms with Crippen molar-refractivity contribution in [2.75, 3.05) is 11.1 Å². The predicted molar refractivity (Wildman–Crippen MR) is 97.6 cm³/mol. The van der Waals surface area contributed by atoms with Gasteiger partial charge in [0, 0.05) is 0 Å². The Bertz CT molecular complexity index is 928. The van der Waals surface area contributed by atoms with Gasteiger partial charge >= 0.3 is 0 Å². The fraction of sp³-hybridized carbons (Fsp3) is 0.167. The second-order valence-electron chi connectivity index (χ2n) is 5.55. The molecule has 2 aromatic carbocycles. The van der Waals surface area contributed by atoms with Gasteiger partial charge in [-0.05, 0) is 30.7 Å². The molecule has 0 saturated heterocycles. The lowest BCUT2D eigenvalue weighted by atomic mass is 10.2. The molecule has 1 amide bonds. The highest BCUT2D eigenvalue weighted by Gasteiger charge is 2.13. The molecule has 6 nitrogen and oxygen atoms in total.